The summed E-state index contributed by atoms with van der Waals surface area (Å²) in [6.07, 6.45) is 2.16. The summed E-state index contributed by atoms with van der Waals surface area (Å²) in [6.45, 7) is 2.41. The first-order chi connectivity index (χ1) is 5.07. The van der Waals surface area contributed by atoms with Crippen LogP contribution in [-0.2, 0) is 15.6 Å². The topological polar surface area (TPSA) is 37.4 Å². The molecule has 0 aliphatic heterocycles. The third kappa shape index (κ3) is 4.95. The molecule has 0 radical (unpaired) electrons. The van der Waals surface area contributed by atoms with E-state index in [1.165, 1.54) is 0 Å². The van der Waals surface area contributed by atoms with Crippen LogP contribution < -0.4 is 0 Å². The van der Waals surface area contributed by atoms with E-state index in [4.69, 9.17) is 0 Å². The van der Waals surface area contributed by atoms with E-state index in [0.717, 1.165) is 0 Å². The lowest BCUT2D eigenvalue weighted by Gasteiger charge is -2.14. The van der Waals surface area contributed by atoms with Gasteiger partial charge in [-0.3, -0.25) is 9.00 Å². The van der Waals surface area contributed by atoms with Gasteiger partial charge in [0.1, 0.15) is 0 Å². The number of hydrogen-bond donors (Lipinski definition) is 0. The zero-order valence-electron chi connectivity index (χ0n) is 7.29. The molecule has 4 heteroatoms. The number of rotatable bonds is 4. The van der Waals surface area contributed by atoms with Crippen molar-refractivity contribution in [3.63, 3.8) is 0 Å². The minimum atomic E-state index is -0.799. The Morgan fingerprint density at radius 2 is 2.09 bits per heavy atom. The van der Waals surface area contributed by atoms with E-state index in [1.54, 1.807) is 18.2 Å². The normalized spacial score (nSPS) is 12.6. The van der Waals surface area contributed by atoms with E-state index >= 15 is 0 Å². The lowest BCUT2D eigenvalue weighted by Crippen LogP contribution is -2.29. The summed E-state index contributed by atoms with van der Waals surface area (Å²) in [4.78, 5) is 12.6. The molecule has 0 saturated carbocycles. The zero-order chi connectivity index (χ0) is 8.85. The number of amides is 1. The average molecular weight is 177 g/mol. The average Bonchev–Trinajstić information content (AvgIpc) is 1.98. The van der Waals surface area contributed by atoms with Crippen molar-refractivity contribution in [1.29, 1.82) is 0 Å². The Morgan fingerprint density at radius 3 is 2.45 bits per heavy atom. The minimum Gasteiger partial charge on any atom is -0.345 e. The summed E-state index contributed by atoms with van der Waals surface area (Å²) >= 11 is 0. The number of nitrogens with zero attached hydrogens (tertiary/aromatic N) is 1. The molecule has 0 bridgehead atoms. The molecule has 0 spiro atoms. The molecule has 0 aliphatic carbocycles. The Kier molecular flexibility index (Phi) is 5.11. The SMILES string of the molecule is CCC(=O)N(C)CCS(C)=O. The molecule has 0 heterocycles. The van der Waals surface area contributed by atoms with Crippen LogP contribution in [0.25, 0.3) is 0 Å². The van der Waals surface area contributed by atoms with Crippen molar-refractivity contribution in [3.05, 3.63) is 0 Å². The molecule has 0 aromatic carbocycles. The first-order valence-corrected chi connectivity index (χ1v) is 5.34. The van der Waals surface area contributed by atoms with E-state index in [0.29, 0.717) is 18.7 Å². The van der Waals surface area contributed by atoms with Gasteiger partial charge in [0.05, 0.1) is 0 Å². The van der Waals surface area contributed by atoms with Crippen LogP contribution in [0.3, 0.4) is 0 Å². The summed E-state index contributed by atoms with van der Waals surface area (Å²) in [7, 11) is 0.936. The van der Waals surface area contributed by atoms with E-state index in [9.17, 15) is 9.00 Å². The maximum atomic E-state index is 11.0. The molecule has 1 atom stereocenters. The van der Waals surface area contributed by atoms with Gasteiger partial charge >= 0.3 is 0 Å². The second-order valence-electron chi connectivity index (χ2n) is 2.45. The number of carbonyl (C=O) groups is 1. The van der Waals surface area contributed by atoms with Gasteiger partial charge in [-0.25, -0.2) is 0 Å². The molecule has 1 amide bonds. The van der Waals surface area contributed by atoms with Crippen LogP contribution in [0.1, 0.15) is 13.3 Å². The van der Waals surface area contributed by atoms with Gasteiger partial charge in [-0.15, -0.1) is 0 Å². The van der Waals surface area contributed by atoms with Gasteiger partial charge in [-0.2, -0.15) is 0 Å². The van der Waals surface area contributed by atoms with Gasteiger partial charge in [-0.1, -0.05) is 6.92 Å². The first kappa shape index (κ1) is 10.6. The number of hydrogen-bond acceptors (Lipinski definition) is 2. The second-order valence-corrected chi connectivity index (χ2v) is 4.00. The van der Waals surface area contributed by atoms with E-state index in [2.05, 4.69) is 0 Å². The lowest BCUT2D eigenvalue weighted by molar-refractivity contribution is -0.129. The van der Waals surface area contributed by atoms with E-state index in [1.807, 2.05) is 6.92 Å². The summed E-state index contributed by atoms with van der Waals surface area (Å²) < 4.78 is 10.6. The van der Waals surface area contributed by atoms with Gasteiger partial charge < -0.3 is 4.90 Å². The fourth-order valence-electron chi connectivity index (χ4n) is 0.660. The quantitative estimate of drug-likeness (QED) is 0.616. The van der Waals surface area contributed by atoms with E-state index in [-0.39, 0.29) is 5.91 Å². The van der Waals surface area contributed by atoms with E-state index < -0.39 is 10.8 Å². The van der Waals surface area contributed by atoms with Crippen LogP contribution in [0.15, 0.2) is 0 Å². The van der Waals surface area contributed by atoms with Crippen LogP contribution in [0, 0.1) is 0 Å². The summed E-state index contributed by atoms with van der Waals surface area (Å²) in [5, 5.41) is 0. The lowest BCUT2D eigenvalue weighted by atomic mass is 10.4. The van der Waals surface area contributed by atoms with Crippen LogP contribution in [0.4, 0.5) is 0 Å². The minimum absolute atomic E-state index is 0.107. The molecule has 0 aliphatic rings. The largest absolute Gasteiger partial charge is 0.345 e. The fraction of sp³-hybridized carbons (Fsp3) is 0.857. The maximum Gasteiger partial charge on any atom is 0.222 e. The molecule has 11 heavy (non-hydrogen) atoms. The van der Waals surface area contributed by atoms with Crippen molar-refractivity contribution in [2.24, 2.45) is 0 Å². The first-order valence-electron chi connectivity index (χ1n) is 3.62. The maximum absolute atomic E-state index is 11.0. The van der Waals surface area contributed by atoms with Crippen LogP contribution >= 0.6 is 0 Å². The summed E-state index contributed by atoms with van der Waals surface area (Å²) in [6, 6.07) is 0. The van der Waals surface area contributed by atoms with Gasteiger partial charge in [0.2, 0.25) is 5.91 Å². The molecule has 1 unspecified atom stereocenters. The Balaban J connectivity index is 3.60. The van der Waals surface area contributed by atoms with Crippen molar-refractivity contribution in [2.75, 3.05) is 25.6 Å². The summed E-state index contributed by atoms with van der Waals surface area (Å²) in [5.41, 5.74) is 0. The Hall–Kier alpha value is -0.380. The third-order valence-electron chi connectivity index (χ3n) is 1.44. The molecule has 0 aromatic heterocycles. The van der Waals surface area contributed by atoms with Gasteiger partial charge in [0, 0.05) is 42.8 Å². The molecule has 0 rings (SSSR count). The van der Waals surface area contributed by atoms with Crippen LogP contribution in [0.2, 0.25) is 0 Å². The predicted molar refractivity (Wildman–Crippen MR) is 46.9 cm³/mol. The molecule has 66 valence electrons. The molecule has 0 aromatic rings. The second kappa shape index (κ2) is 5.29. The molecular weight excluding hydrogens is 162 g/mol. The molecule has 0 saturated heterocycles. The zero-order valence-corrected chi connectivity index (χ0v) is 8.11. The van der Waals surface area contributed by atoms with Crippen LogP contribution in [0.5, 0.6) is 0 Å². The Bertz CT molecular complexity index is 159. The number of carbonyl (C=O) groups excluding carboxylic acids is 1. The van der Waals surface area contributed by atoms with Gasteiger partial charge in [-0.05, 0) is 0 Å². The highest BCUT2D eigenvalue weighted by atomic mass is 32.2. The highest BCUT2D eigenvalue weighted by molar-refractivity contribution is 7.84. The highest BCUT2D eigenvalue weighted by Gasteiger charge is 2.04. The highest BCUT2D eigenvalue weighted by Crippen LogP contribution is 1.89. The fourth-order valence-corrected chi connectivity index (χ4v) is 1.19. The molecule has 0 N–H and O–H groups in total. The van der Waals surface area contributed by atoms with Crippen molar-refractivity contribution in [1.82, 2.24) is 4.90 Å². The predicted octanol–water partition coefficient (Wildman–Crippen LogP) is 0.233. The molecular formula is C7H15NO2S. The van der Waals surface area contributed by atoms with Crippen LogP contribution in [-0.4, -0.2) is 40.6 Å². The van der Waals surface area contributed by atoms with Crippen molar-refractivity contribution in [3.8, 4) is 0 Å². The smallest absolute Gasteiger partial charge is 0.222 e. The third-order valence-corrected chi connectivity index (χ3v) is 2.20. The Labute approximate surface area is 70.2 Å². The molecule has 3 nitrogen and oxygen atoms in total. The molecule has 0 fully saturated rings. The Morgan fingerprint density at radius 1 is 1.55 bits per heavy atom. The standard InChI is InChI=1S/C7H15NO2S/c1-4-7(9)8(2)5-6-11(3)10/h4-6H2,1-3H3. The van der Waals surface area contributed by atoms with Gasteiger partial charge in [0.25, 0.3) is 0 Å². The van der Waals surface area contributed by atoms with Crippen molar-refractivity contribution in [2.45, 2.75) is 13.3 Å². The van der Waals surface area contributed by atoms with Crippen molar-refractivity contribution < 1.29 is 9.00 Å². The van der Waals surface area contributed by atoms with Crippen molar-refractivity contribution >= 4 is 16.7 Å². The van der Waals surface area contributed by atoms with Gasteiger partial charge in [0.15, 0.2) is 0 Å². The monoisotopic (exact) mass is 177 g/mol. The summed E-state index contributed by atoms with van der Waals surface area (Å²) in [5.74, 6) is 0.679.